The van der Waals surface area contributed by atoms with Gasteiger partial charge in [0, 0.05) is 12.3 Å². The van der Waals surface area contributed by atoms with E-state index >= 15 is 0 Å². The Hall–Kier alpha value is -0.420. The van der Waals surface area contributed by atoms with Crippen LogP contribution in [0.25, 0.3) is 0 Å². The second-order valence-corrected chi connectivity index (χ2v) is 11.7. The highest BCUT2D eigenvalue weighted by Crippen LogP contribution is 2.60. The van der Waals surface area contributed by atoms with Crippen molar-refractivity contribution in [1.82, 2.24) is 0 Å². The zero-order chi connectivity index (χ0) is 22.2. The molecule has 0 aromatic rings. The third-order valence-electron chi connectivity index (χ3n) is 8.94. The normalized spacial score (nSPS) is 45.0. The summed E-state index contributed by atoms with van der Waals surface area (Å²) >= 11 is 0. The Balaban J connectivity index is 1.35. The Bertz CT molecular complexity index is 643. The molecule has 0 aromatic carbocycles. The van der Waals surface area contributed by atoms with Crippen LogP contribution in [0.15, 0.2) is 11.6 Å². The summed E-state index contributed by atoms with van der Waals surface area (Å²) < 4.78 is 13.2. The highest BCUT2D eigenvalue weighted by Gasteiger charge is 2.69. The molecule has 4 heterocycles. The molecule has 0 radical (unpaired) electrons. The summed E-state index contributed by atoms with van der Waals surface area (Å²) in [5, 5.41) is 0. The quantitative estimate of drug-likeness (QED) is 0.230. The Morgan fingerprint density at radius 2 is 1.84 bits per heavy atom. The van der Waals surface area contributed by atoms with Crippen molar-refractivity contribution in [1.29, 1.82) is 0 Å². The molecule has 1 unspecified atom stereocenters. The van der Waals surface area contributed by atoms with Gasteiger partial charge in [-0.3, -0.25) is 0 Å². The summed E-state index contributed by atoms with van der Waals surface area (Å²) in [4.78, 5) is 12.2. The van der Waals surface area contributed by atoms with E-state index in [4.69, 9.17) is 19.2 Å². The zero-order valence-corrected chi connectivity index (χ0v) is 20.8. The molecule has 5 rings (SSSR count). The molecular formula is C27H46O4. The van der Waals surface area contributed by atoms with Crippen LogP contribution < -0.4 is 0 Å². The van der Waals surface area contributed by atoms with Crippen LogP contribution in [-0.2, 0) is 19.2 Å². The van der Waals surface area contributed by atoms with Crippen molar-refractivity contribution in [2.75, 3.05) is 0 Å². The van der Waals surface area contributed by atoms with E-state index in [0.717, 1.165) is 25.2 Å². The lowest BCUT2D eigenvalue weighted by molar-refractivity contribution is -0.571. The number of rotatable bonds is 8. The van der Waals surface area contributed by atoms with E-state index in [1.807, 2.05) is 6.92 Å². The van der Waals surface area contributed by atoms with Crippen molar-refractivity contribution < 1.29 is 19.2 Å². The zero-order valence-electron chi connectivity index (χ0n) is 20.8. The Morgan fingerprint density at radius 3 is 2.61 bits per heavy atom. The number of hydrogen-bond acceptors (Lipinski definition) is 4. The molecule has 4 aliphatic heterocycles. The molecule has 5 aliphatic rings. The number of fused-ring (bicyclic) bond motifs is 2. The van der Waals surface area contributed by atoms with Gasteiger partial charge in [0.2, 0.25) is 5.79 Å². The van der Waals surface area contributed by atoms with Crippen LogP contribution in [0.5, 0.6) is 0 Å². The molecular weight excluding hydrogens is 388 g/mol. The van der Waals surface area contributed by atoms with Crippen LogP contribution in [0, 0.1) is 29.6 Å². The fourth-order valence-electron chi connectivity index (χ4n) is 6.95. The minimum Gasteiger partial charge on any atom is -0.346 e. The standard InChI is InChI=1S/C27H46O4/c1-18(2)10-9-12-19(3)11-7-8-13-24-21(5)23-15-14-20(4)22-16-17-26(6)29-25(28-24)27(22,23)31-30-26/h10,19-25H,7-9,11-17H2,1-6H3/t19-,20+,21+,22-,23-,24+,25+,26?,27+/m0/s1. The molecule has 0 aromatic heterocycles. The van der Waals surface area contributed by atoms with E-state index in [1.165, 1.54) is 50.5 Å². The van der Waals surface area contributed by atoms with E-state index in [2.05, 4.69) is 40.7 Å². The fourth-order valence-corrected chi connectivity index (χ4v) is 6.95. The molecule has 178 valence electrons. The molecule has 1 saturated carbocycles. The predicted molar refractivity (Wildman–Crippen MR) is 123 cm³/mol. The second-order valence-electron chi connectivity index (χ2n) is 11.7. The van der Waals surface area contributed by atoms with Gasteiger partial charge >= 0.3 is 0 Å². The largest absolute Gasteiger partial charge is 0.346 e. The Kier molecular flexibility index (Phi) is 7.23. The maximum absolute atomic E-state index is 6.72. The maximum atomic E-state index is 6.72. The predicted octanol–water partition coefficient (Wildman–Crippen LogP) is 7.18. The van der Waals surface area contributed by atoms with Crippen LogP contribution in [0.4, 0.5) is 0 Å². The van der Waals surface area contributed by atoms with Gasteiger partial charge in [0.25, 0.3) is 0 Å². The maximum Gasteiger partial charge on any atom is 0.201 e. The van der Waals surface area contributed by atoms with E-state index < -0.39 is 11.4 Å². The van der Waals surface area contributed by atoms with Crippen LogP contribution >= 0.6 is 0 Å². The van der Waals surface area contributed by atoms with Gasteiger partial charge in [-0.2, -0.15) is 0 Å². The van der Waals surface area contributed by atoms with Crippen LogP contribution in [-0.4, -0.2) is 23.8 Å². The summed E-state index contributed by atoms with van der Waals surface area (Å²) in [5.41, 5.74) is 1.02. The average Bonchev–Trinajstić information content (AvgIpc) is 2.94. The molecule has 1 aliphatic carbocycles. The molecule has 0 N–H and O–H groups in total. The highest BCUT2D eigenvalue weighted by molar-refractivity contribution is 5.09. The summed E-state index contributed by atoms with van der Waals surface area (Å²) in [7, 11) is 0. The Labute approximate surface area is 190 Å². The number of hydrogen-bond donors (Lipinski definition) is 0. The average molecular weight is 435 g/mol. The molecule has 5 fully saturated rings. The molecule has 4 nitrogen and oxygen atoms in total. The van der Waals surface area contributed by atoms with Gasteiger partial charge in [-0.15, -0.1) is 0 Å². The van der Waals surface area contributed by atoms with Crippen molar-refractivity contribution in [3.05, 3.63) is 11.6 Å². The topological polar surface area (TPSA) is 36.9 Å². The van der Waals surface area contributed by atoms with Crippen molar-refractivity contribution >= 4 is 0 Å². The van der Waals surface area contributed by atoms with Crippen LogP contribution in [0.3, 0.4) is 0 Å². The minimum atomic E-state index is -0.663. The van der Waals surface area contributed by atoms with Crippen LogP contribution in [0.2, 0.25) is 0 Å². The van der Waals surface area contributed by atoms with E-state index in [1.54, 1.807) is 0 Å². The monoisotopic (exact) mass is 434 g/mol. The lowest BCUT2D eigenvalue weighted by Crippen LogP contribution is -2.70. The highest BCUT2D eigenvalue weighted by atomic mass is 17.3. The molecule has 2 bridgehead atoms. The summed E-state index contributed by atoms with van der Waals surface area (Å²) in [5.74, 6) is 2.18. The fraction of sp³-hybridized carbons (Fsp3) is 0.926. The summed E-state index contributed by atoms with van der Waals surface area (Å²) in [6.07, 6.45) is 14.3. The third-order valence-corrected chi connectivity index (χ3v) is 8.94. The van der Waals surface area contributed by atoms with E-state index in [-0.39, 0.29) is 12.4 Å². The summed E-state index contributed by atoms with van der Waals surface area (Å²) in [6, 6.07) is 0. The molecule has 1 spiro atoms. The van der Waals surface area contributed by atoms with Gasteiger partial charge in [-0.05, 0) is 83.0 Å². The first-order valence-corrected chi connectivity index (χ1v) is 13.1. The second kappa shape index (κ2) is 9.44. The van der Waals surface area contributed by atoms with Gasteiger partial charge in [0.1, 0.15) is 0 Å². The van der Waals surface area contributed by atoms with Gasteiger partial charge in [0.05, 0.1) is 6.10 Å². The molecule has 31 heavy (non-hydrogen) atoms. The summed E-state index contributed by atoms with van der Waals surface area (Å²) in [6.45, 7) is 13.6. The van der Waals surface area contributed by atoms with Gasteiger partial charge in [-0.1, -0.05) is 51.7 Å². The number of unbranched alkanes of at least 4 members (excludes halogenated alkanes) is 1. The van der Waals surface area contributed by atoms with Gasteiger partial charge in [0.15, 0.2) is 11.9 Å². The number of allylic oxidation sites excluding steroid dienone is 2. The van der Waals surface area contributed by atoms with Crippen LogP contribution in [0.1, 0.15) is 106 Å². The van der Waals surface area contributed by atoms with Gasteiger partial charge in [-0.25, -0.2) is 9.78 Å². The Morgan fingerprint density at radius 1 is 1.03 bits per heavy atom. The first-order valence-electron chi connectivity index (χ1n) is 13.1. The smallest absolute Gasteiger partial charge is 0.201 e. The van der Waals surface area contributed by atoms with Crippen molar-refractivity contribution in [2.45, 2.75) is 130 Å². The van der Waals surface area contributed by atoms with E-state index in [0.29, 0.717) is 23.7 Å². The first-order chi connectivity index (χ1) is 14.7. The number of ether oxygens (including phenoxy) is 2. The lowest BCUT2D eigenvalue weighted by atomic mass is 9.57. The van der Waals surface area contributed by atoms with Crippen molar-refractivity contribution in [3.63, 3.8) is 0 Å². The SMILES string of the molecule is CC(C)=CCC[C@@H](C)CCCC[C@H]1O[C@@H]2OC3(C)CC[C@H]4[C@H](C)CC[C@@H]([C@H]1C)[C@@]24OO3. The molecule has 4 heteroatoms. The molecule has 0 amide bonds. The van der Waals surface area contributed by atoms with Crippen molar-refractivity contribution in [2.24, 2.45) is 29.6 Å². The van der Waals surface area contributed by atoms with Gasteiger partial charge < -0.3 is 9.47 Å². The third kappa shape index (κ3) is 4.65. The van der Waals surface area contributed by atoms with Crippen molar-refractivity contribution in [3.8, 4) is 0 Å². The minimum absolute atomic E-state index is 0.266. The lowest BCUT2D eigenvalue weighted by Gasteiger charge is -2.60. The van der Waals surface area contributed by atoms with E-state index in [9.17, 15) is 0 Å². The molecule has 9 atom stereocenters. The first kappa shape index (κ1) is 23.7. The molecule has 4 saturated heterocycles.